The number of rotatable bonds is 7. The molecule has 0 aromatic rings. The smallest absolute Gasteiger partial charge is 0.0694 e. The second-order valence-electron chi connectivity index (χ2n) is 5.07. The Hall–Kier alpha value is -0.120. The van der Waals surface area contributed by atoms with Crippen molar-refractivity contribution < 1.29 is 9.84 Å². The minimum atomic E-state index is -0.197. The van der Waals surface area contributed by atoms with Gasteiger partial charge >= 0.3 is 0 Å². The Morgan fingerprint density at radius 2 is 2.00 bits per heavy atom. The van der Waals surface area contributed by atoms with Crippen LogP contribution in [0.4, 0.5) is 0 Å². The van der Waals surface area contributed by atoms with E-state index in [1.54, 1.807) is 0 Å². The van der Waals surface area contributed by atoms with Gasteiger partial charge in [-0.1, -0.05) is 20.3 Å². The molecule has 0 amide bonds. The molecule has 16 heavy (non-hydrogen) atoms. The van der Waals surface area contributed by atoms with Crippen LogP contribution in [0.1, 0.15) is 39.5 Å². The van der Waals surface area contributed by atoms with Gasteiger partial charge in [0.05, 0.1) is 6.10 Å². The SMILES string of the molecule is CCCC(C)CNCC(O)C1CCOCC1. The lowest BCUT2D eigenvalue weighted by molar-refractivity contribution is 0.00834. The lowest BCUT2D eigenvalue weighted by Gasteiger charge is -2.27. The topological polar surface area (TPSA) is 41.5 Å². The van der Waals surface area contributed by atoms with E-state index in [0.29, 0.717) is 11.8 Å². The molecular weight excluding hydrogens is 202 g/mol. The molecule has 1 heterocycles. The molecule has 3 nitrogen and oxygen atoms in total. The summed E-state index contributed by atoms with van der Waals surface area (Å²) in [6.07, 6.45) is 4.32. The van der Waals surface area contributed by atoms with Gasteiger partial charge in [0.2, 0.25) is 0 Å². The van der Waals surface area contributed by atoms with Gasteiger partial charge in [0.1, 0.15) is 0 Å². The van der Waals surface area contributed by atoms with Crippen molar-refractivity contribution in [2.24, 2.45) is 11.8 Å². The zero-order valence-corrected chi connectivity index (χ0v) is 10.7. The highest BCUT2D eigenvalue weighted by atomic mass is 16.5. The maximum Gasteiger partial charge on any atom is 0.0694 e. The Kier molecular flexibility index (Phi) is 7.01. The molecule has 1 fully saturated rings. The third-order valence-corrected chi connectivity index (χ3v) is 3.44. The van der Waals surface area contributed by atoms with Crippen molar-refractivity contribution in [2.45, 2.75) is 45.6 Å². The molecular formula is C13H27NO2. The van der Waals surface area contributed by atoms with E-state index in [0.717, 1.165) is 39.1 Å². The predicted molar refractivity (Wildman–Crippen MR) is 66.5 cm³/mol. The quantitative estimate of drug-likeness (QED) is 0.699. The number of hydrogen-bond acceptors (Lipinski definition) is 3. The molecule has 0 aromatic carbocycles. The highest BCUT2D eigenvalue weighted by Crippen LogP contribution is 2.18. The van der Waals surface area contributed by atoms with Crippen LogP contribution in [0.5, 0.6) is 0 Å². The van der Waals surface area contributed by atoms with Gasteiger partial charge in [-0.15, -0.1) is 0 Å². The lowest BCUT2D eigenvalue weighted by Crippen LogP contribution is -2.37. The second-order valence-corrected chi connectivity index (χ2v) is 5.07. The van der Waals surface area contributed by atoms with Crippen molar-refractivity contribution in [1.82, 2.24) is 5.32 Å². The molecule has 1 aliphatic heterocycles. The van der Waals surface area contributed by atoms with Crippen molar-refractivity contribution >= 4 is 0 Å². The van der Waals surface area contributed by atoms with Gasteiger partial charge in [0.15, 0.2) is 0 Å². The molecule has 2 atom stereocenters. The number of aliphatic hydroxyl groups excluding tert-OH is 1. The van der Waals surface area contributed by atoms with Gasteiger partial charge in [0.25, 0.3) is 0 Å². The average Bonchev–Trinajstić information content (AvgIpc) is 2.30. The second kappa shape index (κ2) is 8.04. The van der Waals surface area contributed by atoms with E-state index in [9.17, 15) is 5.11 Å². The molecule has 0 saturated carbocycles. The number of nitrogens with one attached hydrogen (secondary N) is 1. The van der Waals surface area contributed by atoms with E-state index < -0.39 is 0 Å². The standard InChI is InChI=1S/C13H27NO2/c1-3-4-11(2)9-14-10-13(15)12-5-7-16-8-6-12/h11-15H,3-10H2,1-2H3. The van der Waals surface area contributed by atoms with E-state index in [2.05, 4.69) is 19.2 Å². The van der Waals surface area contributed by atoms with E-state index in [4.69, 9.17) is 4.74 Å². The summed E-state index contributed by atoms with van der Waals surface area (Å²) < 4.78 is 5.29. The lowest BCUT2D eigenvalue weighted by atomic mass is 9.94. The van der Waals surface area contributed by atoms with Crippen LogP contribution >= 0.6 is 0 Å². The average molecular weight is 229 g/mol. The first-order chi connectivity index (χ1) is 7.74. The molecule has 0 radical (unpaired) electrons. The van der Waals surface area contributed by atoms with Gasteiger partial charge in [0, 0.05) is 19.8 Å². The normalized spacial score (nSPS) is 21.9. The fourth-order valence-electron chi connectivity index (χ4n) is 2.34. The van der Waals surface area contributed by atoms with E-state index >= 15 is 0 Å². The molecule has 3 heteroatoms. The zero-order valence-electron chi connectivity index (χ0n) is 10.7. The van der Waals surface area contributed by atoms with Crippen LogP contribution < -0.4 is 5.32 Å². The Morgan fingerprint density at radius 3 is 2.62 bits per heavy atom. The van der Waals surface area contributed by atoms with Gasteiger partial charge in [-0.2, -0.15) is 0 Å². The zero-order chi connectivity index (χ0) is 11.8. The number of hydrogen-bond donors (Lipinski definition) is 2. The first-order valence-electron chi connectivity index (χ1n) is 6.70. The summed E-state index contributed by atoms with van der Waals surface area (Å²) in [5, 5.41) is 13.4. The van der Waals surface area contributed by atoms with Crippen LogP contribution in [-0.2, 0) is 4.74 Å². The number of ether oxygens (including phenoxy) is 1. The summed E-state index contributed by atoms with van der Waals surface area (Å²) in [4.78, 5) is 0. The van der Waals surface area contributed by atoms with Gasteiger partial charge in [-0.05, 0) is 37.6 Å². The van der Waals surface area contributed by atoms with Gasteiger partial charge < -0.3 is 15.2 Å². The fraction of sp³-hybridized carbons (Fsp3) is 1.00. The summed E-state index contributed by atoms with van der Waals surface area (Å²) in [6, 6.07) is 0. The van der Waals surface area contributed by atoms with Crippen LogP contribution in [-0.4, -0.2) is 37.5 Å². The molecule has 2 unspecified atom stereocenters. The highest BCUT2D eigenvalue weighted by molar-refractivity contribution is 4.74. The van der Waals surface area contributed by atoms with Crippen molar-refractivity contribution in [1.29, 1.82) is 0 Å². The van der Waals surface area contributed by atoms with E-state index in [-0.39, 0.29) is 6.10 Å². The first-order valence-corrected chi connectivity index (χ1v) is 6.70. The molecule has 0 bridgehead atoms. The minimum absolute atomic E-state index is 0.197. The van der Waals surface area contributed by atoms with E-state index in [1.165, 1.54) is 12.8 Å². The first kappa shape index (κ1) is 13.9. The summed E-state index contributed by atoms with van der Waals surface area (Å²) in [6.45, 7) is 7.86. The van der Waals surface area contributed by atoms with Crippen molar-refractivity contribution in [3.63, 3.8) is 0 Å². The summed E-state index contributed by atoms with van der Waals surface area (Å²) in [7, 11) is 0. The molecule has 1 saturated heterocycles. The molecule has 0 spiro atoms. The van der Waals surface area contributed by atoms with Crippen LogP contribution in [0, 0.1) is 11.8 Å². The monoisotopic (exact) mass is 229 g/mol. The van der Waals surface area contributed by atoms with E-state index in [1.807, 2.05) is 0 Å². The predicted octanol–water partition coefficient (Wildman–Crippen LogP) is 1.80. The van der Waals surface area contributed by atoms with Crippen LogP contribution in [0.25, 0.3) is 0 Å². The Labute approximate surface area is 99.6 Å². The Morgan fingerprint density at radius 1 is 1.31 bits per heavy atom. The molecule has 96 valence electrons. The molecule has 2 N–H and O–H groups in total. The Bertz CT molecular complexity index is 169. The highest BCUT2D eigenvalue weighted by Gasteiger charge is 2.21. The Balaban J connectivity index is 2.07. The van der Waals surface area contributed by atoms with Crippen LogP contribution in [0.15, 0.2) is 0 Å². The largest absolute Gasteiger partial charge is 0.392 e. The van der Waals surface area contributed by atoms with Gasteiger partial charge in [-0.25, -0.2) is 0 Å². The van der Waals surface area contributed by atoms with Crippen LogP contribution in [0.2, 0.25) is 0 Å². The third-order valence-electron chi connectivity index (χ3n) is 3.44. The van der Waals surface area contributed by atoms with Crippen molar-refractivity contribution in [3.8, 4) is 0 Å². The maximum atomic E-state index is 10.00. The maximum absolute atomic E-state index is 10.00. The molecule has 0 aliphatic carbocycles. The minimum Gasteiger partial charge on any atom is -0.392 e. The van der Waals surface area contributed by atoms with Crippen LogP contribution in [0.3, 0.4) is 0 Å². The fourth-order valence-corrected chi connectivity index (χ4v) is 2.34. The summed E-state index contributed by atoms with van der Waals surface area (Å²) >= 11 is 0. The molecule has 1 rings (SSSR count). The summed E-state index contributed by atoms with van der Waals surface area (Å²) in [5.41, 5.74) is 0. The van der Waals surface area contributed by atoms with Gasteiger partial charge in [-0.3, -0.25) is 0 Å². The van der Waals surface area contributed by atoms with Crippen molar-refractivity contribution in [2.75, 3.05) is 26.3 Å². The van der Waals surface area contributed by atoms with Crippen molar-refractivity contribution in [3.05, 3.63) is 0 Å². The third kappa shape index (κ3) is 5.28. The number of aliphatic hydroxyl groups is 1. The molecule has 1 aliphatic rings. The molecule has 0 aromatic heterocycles. The summed E-state index contributed by atoms with van der Waals surface area (Å²) in [5.74, 6) is 1.15.